The fourth-order valence-electron chi connectivity index (χ4n) is 1.45. The molecule has 0 aliphatic heterocycles. The van der Waals surface area contributed by atoms with E-state index in [2.05, 4.69) is 15.0 Å². The SMILES string of the molecule is Cc1c(N)cccc1SCc1nc(N)nc(N)n1. The number of thioether (sulfide) groups is 1. The predicted octanol–water partition coefficient (Wildman–Crippen LogP) is 1.22. The first kappa shape index (κ1) is 12.4. The van der Waals surface area contributed by atoms with E-state index in [1.807, 2.05) is 25.1 Å². The summed E-state index contributed by atoms with van der Waals surface area (Å²) in [7, 11) is 0. The predicted molar refractivity (Wildman–Crippen MR) is 73.8 cm³/mol. The van der Waals surface area contributed by atoms with Gasteiger partial charge < -0.3 is 17.2 Å². The van der Waals surface area contributed by atoms with E-state index in [0.717, 1.165) is 16.1 Å². The minimum absolute atomic E-state index is 0.141. The molecule has 0 fully saturated rings. The molecular weight excluding hydrogens is 248 g/mol. The summed E-state index contributed by atoms with van der Waals surface area (Å²) < 4.78 is 0. The molecule has 0 atom stereocenters. The number of nitrogens with two attached hydrogens (primary N) is 3. The lowest BCUT2D eigenvalue weighted by atomic mass is 10.2. The Morgan fingerprint density at radius 3 is 2.39 bits per heavy atom. The van der Waals surface area contributed by atoms with Gasteiger partial charge in [0.05, 0.1) is 5.75 Å². The van der Waals surface area contributed by atoms with E-state index in [9.17, 15) is 0 Å². The average molecular weight is 262 g/mol. The molecule has 0 saturated carbocycles. The van der Waals surface area contributed by atoms with E-state index in [-0.39, 0.29) is 11.9 Å². The van der Waals surface area contributed by atoms with Crippen LogP contribution < -0.4 is 17.2 Å². The van der Waals surface area contributed by atoms with Crippen molar-refractivity contribution in [3.05, 3.63) is 29.6 Å². The molecule has 7 heteroatoms. The van der Waals surface area contributed by atoms with Gasteiger partial charge in [-0.25, -0.2) is 0 Å². The van der Waals surface area contributed by atoms with Crippen LogP contribution in [0.3, 0.4) is 0 Å². The molecule has 94 valence electrons. The zero-order valence-corrected chi connectivity index (χ0v) is 10.7. The highest BCUT2D eigenvalue weighted by atomic mass is 32.2. The summed E-state index contributed by atoms with van der Waals surface area (Å²) in [5, 5.41) is 0. The van der Waals surface area contributed by atoms with Crippen LogP contribution in [0, 0.1) is 6.92 Å². The van der Waals surface area contributed by atoms with Gasteiger partial charge in [0.1, 0.15) is 5.82 Å². The number of aromatic nitrogens is 3. The van der Waals surface area contributed by atoms with Gasteiger partial charge in [-0.3, -0.25) is 0 Å². The summed E-state index contributed by atoms with van der Waals surface area (Å²) in [5.74, 6) is 1.41. The second-order valence-corrected chi connectivity index (χ2v) is 4.74. The molecule has 0 aliphatic rings. The Morgan fingerprint density at radius 2 is 1.72 bits per heavy atom. The van der Waals surface area contributed by atoms with Crippen LogP contribution in [0.25, 0.3) is 0 Å². The molecule has 0 saturated heterocycles. The maximum absolute atomic E-state index is 5.84. The first-order valence-corrected chi connectivity index (χ1v) is 6.28. The Morgan fingerprint density at radius 1 is 1.06 bits per heavy atom. The average Bonchev–Trinajstić information content (AvgIpc) is 2.30. The standard InChI is InChI=1S/C11H14N6S/c1-6-7(12)3-2-4-8(6)18-5-9-15-10(13)17-11(14)16-9/h2-4H,5,12H2,1H3,(H4,13,14,15,16,17). The molecule has 6 N–H and O–H groups in total. The number of nitrogens with zero attached hydrogens (tertiary/aromatic N) is 3. The quantitative estimate of drug-likeness (QED) is 0.562. The third kappa shape index (κ3) is 2.80. The summed E-state index contributed by atoms with van der Waals surface area (Å²) in [5.41, 5.74) is 18.7. The third-order valence-electron chi connectivity index (χ3n) is 2.40. The van der Waals surface area contributed by atoms with Gasteiger partial charge in [0, 0.05) is 10.6 Å². The fraction of sp³-hybridized carbons (Fsp3) is 0.182. The van der Waals surface area contributed by atoms with E-state index in [0.29, 0.717) is 11.6 Å². The molecule has 1 aromatic heterocycles. The topological polar surface area (TPSA) is 117 Å². The van der Waals surface area contributed by atoms with Crippen molar-refractivity contribution in [3.63, 3.8) is 0 Å². The van der Waals surface area contributed by atoms with Crippen molar-refractivity contribution in [2.45, 2.75) is 17.6 Å². The molecule has 0 radical (unpaired) electrons. The smallest absolute Gasteiger partial charge is 0.225 e. The first-order valence-electron chi connectivity index (χ1n) is 5.30. The van der Waals surface area contributed by atoms with Gasteiger partial charge in [-0.1, -0.05) is 6.07 Å². The lowest BCUT2D eigenvalue weighted by Crippen LogP contribution is -2.06. The summed E-state index contributed by atoms with van der Waals surface area (Å²) in [6.45, 7) is 1.98. The lowest BCUT2D eigenvalue weighted by Gasteiger charge is -2.07. The van der Waals surface area contributed by atoms with Gasteiger partial charge in [0.15, 0.2) is 0 Å². The highest BCUT2D eigenvalue weighted by Crippen LogP contribution is 2.28. The molecule has 1 heterocycles. The maximum Gasteiger partial charge on any atom is 0.225 e. The van der Waals surface area contributed by atoms with Crippen LogP contribution in [0.2, 0.25) is 0 Å². The maximum atomic E-state index is 5.84. The van der Waals surface area contributed by atoms with E-state index in [1.54, 1.807) is 11.8 Å². The lowest BCUT2D eigenvalue weighted by molar-refractivity contribution is 0.987. The van der Waals surface area contributed by atoms with Gasteiger partial charge >= 0.3 is 0 Å². The van der Waals surface area contributed by atoms with Gasteiger partial charge in [-0.2, -0.15) is 15.0 Å². The zero-order chi connectivity index (χ0) is 13.1. The van der Waals surface area contributed by atoms with E-state index in [4.69, 9.17) is 17.2 Å². The monoisotopic (exact) mass is 262 g/mol. The van der Waals surface area contributed by atoms with Crippen LogP contribution in [-0.2, 0) is 5.75 Å². The van der Waals surface area contributed by atoms with Gasteiger partial charge in [0.25, 0.3) is 0 Å². The highest BCUT2D eigenvalue weighted by molar-refractivity contribution is 7.98. The molecule has 0 bridgehead atoms. The number of hydrogen-bond donors (Lipinski definition) is 3. The van der Waals surface area contributed by atoms with Crippen molar-refractivity contribution in [1.29, 1.82) is 0 Å². The highest BCUT2D eigenvalue weighted by Gasteiger charge is 2.06. The minimum Gasteiger partial charge on any atom is -0.398 e. The molecule has 0 amide bonds. The molecular formula is C11H14N6S. The van der Waals surface area contributed by atoms with Crippen LogP contribution in [0.4, 0.5) is 17.6 Å². The van der Waals surface area contributed by atoms with Crippen LogP contribution in [0.15, 0.2) is 23.1 Å². The van der Waals surface area contributed by atoms with Crippen molar-refractivity contribution in [1.82, 2.24) is 15.0 Å². The zero-order valence-electron chi connectivity index (χ0n) is 9.92. The van der Waals surface area contributed by atoms with Crippen molar-refractivity contribution in [2.24, 2.45) is 0 Å². The second-order valence-electron chi connectivity index (χ2n) is 3.73. The number of hydrogen-bond acceptors (Lipinski definition) is 7. The van der Waals surface area contributed by atoms with Gasteiger partial charge in [-0.05, 0) is 24.6 Å². The van der Waals surface area contributed by atoms with E-state index >= 15 is 0 Å². The van der Waals surface area contributed by atoms with Crippen LogP contribution in [-0.4, -0.2) is 15.0 Å². The molecule has 0 spiro atoms. The normalized spacial score (nSPS) is 10.5. The Kier molecular flexibility index (Phi) is 3.52. The molecule has 18 heavy (non-hydrogen) atoms. The Hall–Kier alpha value is -2.02. The Labute approximate surface area is 109 Å². The first-order chi connectivity index (χ1) is 8.56. The third-order valence-corrected chi connectivity index (χ3v) is 3.55. The summed E-state index contributed by atoms with van der Waals surface area (Å²) in [6, 6.07) is 5.80. The number of anilines is 3. The Bertz CT molecular complexity index is 551. The molecule has 0 aliphatic carbocycles. The van der Waals surface area contributed by atoms with Crippen molar-refractivity contribution < 1.29 is 0 Å². The minimum atomic E-state index is 0.141. The second kappa shape index (κ2) is 5.09. The van der Waals surface area contributed by atoms with Crippen LogP contribution >= 0.6 is 11.8 Å². The molecule has 0 unspecified atom stereocenters. The van der Waals surface area contributed by atoms with Crippen molar-refractivity contribution in [3.8, 4) is 0 Å². The van der Waals surface area contributed by atoms with Crippen molar-refractivity contribution in [2.75, 3.05) is 17.2 Å². The van der Waals surface area contributed by atoms with Gasteiger partial charge in [0.2, 0.25) is 11.9 Å². The molecule has 2 aromatic rings. The van der Waals surface area contributed by atoms with Crippen molar-refractivity contribution >= 4 is 29.3 Å². The fourth-order valence-corrected chi connectivity index (χ4v) is 2.37. The largest absolute Gasteiger partial charge is 0.398 e. The summed E-state index contributed by atoms with van der Waals surface area (Å²) >= 11 is 1.59. The molecule has 6 nitrogen and oxygen atoms in total. The van der Waals surface area contributed by atoms with Crippen LogP contribution in [0.1, 0.15) is 11.4 Å². The van der Waals surface area contributed by atoms with Crippen LogP contribution in [0.5, 0.6) is 0 Å². The van der Waals surface area contributed by atoms with E-state index in [1.165, 1.54) is 0 Å². The molecule has 2 rings (SSSR count). The van der Waals surface area contributed by atoms with E-state index < -0.39 is 0 Å². The number of rotatable bonds is 3. The number of nitrogen functional groups attached to an aromatic ring is 3. The summed E-state index contributed by atoms with van der Waals surface area (Å²) in [4.78, 5) is 12.9. The number of benzene rings is 1. The van der Waals surface area contributed by atoms with Gasteiger partial charge in [-0.15, -0.1) is 11.8 Å². The molecule has 1 aromatic carbocycles. The Balaban J connectivity index is 2.14. The summed E-state index contributed by atoms with van der Waals surface area (Å²) in [6.07, 6.45) is 0.